The number of para-hydroxylation sites is 1. The molecule has 4 rings (SSSR count). The van der Waals surface area contributed by atoms with E-state index in [2.05, 4.69) is 21.9 Å². The van der Waals surface area contributed by atoms with E-state index in [1.807, 2.05) is 24.3 Å². The molecular weight excluding hydrogens is 384 g/mol. The van der Waals surface area contributed by atoms with Crippen molar-refractivity contribution < 1.29 is 19.0 Å². The van der Waals surface area contributed by atoms with Crippen molar-refractivity contribution >= 4 is 16.7 Å². The van der Waals surface area contributed by atoms with Gasteiger partial charge in [0.2, 0.25) is 0 Å². The van der Waals surface area contributed by atoms with Crippen LogP contribution in [0.4, 0.5) is 5.69 Å². The molecule has 1 N–H and O–H groups in total. The van der Waals surface area contributed by atoms with Crippen molar-refractivity contribution in [3.8, 4) is 11.5 Å². The van der Waals surface area contributed by atoms with E-state index in [0.29, 0.717) is 17.9 Å². The van der Waals surface area contributed by atoms with Gasteiger partial charge in [-0.2, -0.15) is 0 Å². The summed E-state index contributed by atoms with van der Waals surface area (Å²) < 4.78 is 16.1. The van der Waals surface area contributed by atoms with Crippen LogP contribution in [-0.4, -0.2) is 62.6 Å². The summed E-state index contributed by atoms with van der Waals surface area (Å²) in [5.74, 6) is 1.29. The number of aliphatic hydroxyl groups is 1. The first-order chi connectivity index (χ1) is 14.6. The summed E-state index contributed by atoms with van der Waals surface area (Å²) in [5.41, 5.74) is 1.19. The molecule has 30 heavy (non-hydrogen) atoms. The second-order valence-corrected chi connectivity index (χ2v) is 7.38. The van der Waals surface area contributed by atoms with Crippen molar-refractivity contribution in [1.82, 2.24) is 4.90 Å². The molecule has 0 bridgehead atoms. The molecule has 3 aromatic rings. The first kappa shape index (κ1) is 20.3. The number of nitrogens with zero attached hydrogens (tertiary/aromatic N) is 2. The predicted octanol–water partition coefficient (Wildman–Crippen LogP) is 2.36. The number of hydrogen-bond acceptors (Lipinski definition) is 7. The molecule has 0 unspecified atom stereocenters. The van der Waals surface area contributed by atoms with Crippen molar-refractivity contribution in [3.05, 3.63) is 65.0 Å². The molecular formula is C23H26N2O5. The van der Waals surface area contributed by atoms with Gasteiger partial charge in [-0.15, -0.1) is 0 Å². The van der Waals surface area contributed by atoms with E-state index in [0.717, 1.165) is 37.3 Å². The van der Waals surface area contributed by atoms with E-state index in [-0.39, 0.29) is 6.61 Å². The Hall–Kier alpha value is -3.03. The smallest absolute Gasteiger partial charge is 0.339 e. The Kier molecular flexibility index (Phi) is 6.21. The minimum atomic E-state index is -0.649. The van der Waals surface area contributed by atoms with Gasteiger partial charge < -0.3 is 23.9 Å². The summed E-state index contributed by atoms with van der Waals surface area (Å²) in [4.78, 5) is 16.3. The van der Waals surface area contributed by atoms with Gasteiger partial charge in [0, 0.05) is 38.4 Å². The lowest BCUT2D eigenvalue weighted by molar-refractivity contribution is 0.0667. The lowest BCUT2D eigenvalue weighted by atomic mass is 10.2. The molecule has 0 amide bonds. The van der Waals surface area contributed by atoms with Gasteiger partial charge in [-0.25, -0.2) is 4.79 Å². The Balaban J connectivity index is 1.28. The van der Waals surface area contributed by atoms with Crippen LogP contribution in [0.5, 0.6) is 11.5 Å². The van der Waals surface area contributed by atoms with Crippen molar-refractivity contribution in [2.24, 2.45) is 0 Å². The number of aliphatic hydroxyl groups excluding tert-OH is 1. The summed E-state index contributed by atoms with van der Waals surface area (Å²) in [6.07, 6.45) is -0.649. The van der Waals surface area contributed by atoms with E-state index in [1.165, 1.54) is 11.8 Å². The SMILES string of the molecule is COc1ccc(N2CCN(C[C@H](O)COc3cc(=O)oc4ccccc34)CC2)cc1. The van der Waals surface area contributed by atoms with Crippen molar-refractivity contribution in [2.75, 3.05) is 51.3 Å². The molecule has 2 aromatic carbocycles. The van der Waals surface area contributed by atoms with E-state index in [1.54, 1.807) is 19.2 Å². The number of ether oxygens (including phenoxy) is 2. The van der Waals surface area contributed by atoms with Gasteiger partial charge in [0.15, 0.2) is 0 Å². The molecule has 7 heteroatoms. The van der Waals surface area contributed by atoms with Crippen LogP contribution in [0.15, 0.2) is 63.8 Å². The zero-order valence-electron chi connectivity index (χ0n) is 17.0. The summed E-state index contributed by atoms with van der Waals surface area (Å²) in [7, 11) is 1.66. The zero-order valence-corrected chi connectivity index (χ0v) is 17.0. The van der Waals surface area contributed by atoms with Crippen LogP contribution in [-0.2, 0) is 0 Å². The highest BCUT2D eigenvalue weighted by Gasteiger charge is 2.20. The normalized spacial score (nSPS) is 15.9. The Bertz CT molecular complexity index is 1030. The summed E-state index contributed by atoms with van der Waals surface area (Å²) in [5, 5.41) is 11.2. The molecule has 1 aliphatic rings. The van der Waals surface area contributed by atoms with Crippen molar-refractivity contribution in [1.29, 1.82) is 0 Å². The minimum Gasteiger partial charge on any atom is -0.497 e. The summed E-state index contributed by atoms with van der Waals surface area (Å²) >= 11 is 0. The highest BCUT2D eigenvalue weighted by Crippen LogP contribution is 2.24. The number of β-amino-alcohol motifs (C(OH)–C–C–N with tert-alkyl or cyclic N) is 1. The number of rotatable bonds is 7. The maximum Gasteiger partial charge on any atom is 0.339 e. The molecule has 0 radical (unpaired) electrons. The van der Waals surface area contributed by atoms with Gasteiger partial charge in [-0.1, -0.05) is 12.1 Å². The summed E-state index contributed by atoms with van der Waals surface area (Å²) in [6, 6.07) is 16.6. The number of benzene rings is 2. The van der Waals surface area contributed by atoms with E-state index in [4.69, 9.17) is 13.9 Å². The third-order valence-electron chi connectivity index (χ3n) is 5.32. The van der Waals surface area contributed by atoms with Gasteiger partial charge in [0.05, 0.1) is 18.6 Å². The fourth-order valence-electron chi connectivity index (χ4n) is 3.72. The summed E-state index contributed by atoms with van der Waals surface area (Å²) in [6.45, 7) is 4.15. The molecule has 7 nitrogen and oxygen atoms in total. The lowest BCUT2D eigenvalue weighted by Crippen LogP contribution is -2.49. The van der Waals surface area contributed by atoms with Crippen LogP contribution in [0.2, 0.25) is 0 Å². The van der Waals surface area contributed by atoms with Crippen LogP contribution >= 0.6 is 0 Å². The Morgan fingerprint density at radius 1 is 1.07 bits per heavy atom. The molecule has 2 heterocycles. The van der Waals surface area contributed by atoms with Gasteiger partial charge in [0.25, 0.3) is 0 Å². The fourth-order valence-corrected chi connectivity index (χ4v) is 3.72. The van der Waals surface area contributed by atoms with Crippen LogP contribution in [0.25, 0.3) is 11.0 Å². The Morgan fingerprint density at radius 2 is 1.80 bits per heavy atom. The maximum absolute atomic E-state index is 11.7. The average Bonchev–Trinajstić information content (AvgIpc) is 2.78. The van der Waals surface area contributed by atoms with Crippen molar-refractivity contribution in [3.63, 3.8) is 0 Å². The van der Waals surface area contributed by atoms with E-state index >= 15 is 0 Å². The third-order valence-corrected chi connectivity index (χ3v) is 5.32. The van der Waals surface area contributed by atoms with Crippen LogP contribution in [0.3, 0.4) is 0 Å². The molecule has 0 spiro atoms. The van der Waals surface area contributed by atoms with Gasteiger partial charge in [-0.05, 0) is 36.4 Å². The van der Waals surface area contributed by atoms with E-state index in [9.17, 15) is 9.90 Å². The van der Waals surface area contributed by atoms with Gasteiger partial charge in [-0.3, -0.25) is 4.90 Å². The average molecular weight is 410 g/mol. The number of piperazine rings is 1. The highest BCUT2D eigenvalue weighted by atomic mass is 16.5. The molecule has 0 aliphatic carbocycles. The molecule has 1 atom stereocenters. The molecule has 1 saturated heterocycles. The quantitative estimate of drug-likeness (QED) is 0.600. The Morgan fingerprint density at radius 3 is 2.53 bits per heavy atom. The fraction of sp³-hybridized carbons (Fsp3) is 0.348. The predicted molar refractivity (Wildman–Crippen MR) is 116 cm³/mol. The first-order valence-corrected chi connectivity index (χ1v) is 10.1. The molecule has 158 valence electrons. The first-order valence-electron chi connectivity index (χ1n) is 10.1. The monoisotopic (exact) mass is 410 g/mol. The number of anilines is 1. The molecule has 1 aromatic heterocycles. The number of hydrogen-bond donors (Lipinski definition) is 1. The zero-order chi connectivity index (χ0) is 20.9. The van der Waals surface area contributed by atoms with Crippen LogP contribution in [0, 0.1) is 0 Å². The van der Waals surface area contributed by atoms with Crippen LogP contribution in [0.1, 0.15) is 0 Å². The standard InChI is InChI=1S/C23H26N2O5/c1-28-19-8-6-17(7-9-19)25-12-10-24(11-13-25)15-18(26)16-29-22-14-23(27)30-21-5-3-2-4-20(21)22/h2-9,14,18,26H,10-13,15-16H2,1H3/t18-/m0/s1. The highest BCUT2D eigenvalue weighted by molar-refractivity contribution is 5.82. The van der Waals surface area contributed by atoms with Crippen LogP contribution < -0.4 is 20.0 Å². The largest absolute Gasteiger partial charge is 0.497 e. The topological polar surface area (TPSA) is 75.4 Å². The lowest BCUT2D eigenvalue weighted by Gasteiger charge is -2.36. The minimum absolute atomic E-state index is 0.117. The molecule has 1 aliphatic heterocycles. The molecule has 1 fully saturated rings. The number of fused-ring (bicyclic) bond motifs is 1. The van der Waals surface area contributed by atoms with E-state index < -0.39 is 11.7 Å². The second kappa shape index (κ2) is 9.19. The Labute approximate surface area is 175 Å². The second-order valence-electron chi connectivity index (χ2n) is 7.38. The van der Waals surface area contributed by atoms with Gasteiger partial charge in [0.1, 0.15) is 29.8 Å². The number of methoxy groups -OCH3 is 1. The van der Waals surface area contributed by atoms with Crippen molar-refractivity contribution in [2.45, 2.75) is 6.10 Å². The maximum atomic E-state index is 11.7. The van der Waals surface area contributed by atoms with Gasteiger partial charge >= 0.3 is 5.63 Å². The molecule has 0 saturated carbocycles. The third kappa shape index (κ3) is 4.75.